The quantitative estimate of drug-likeness (QED) is 0.820. The summed E-state index contributed by atoms with van der Waals surface area (Å²) in [6.07, 6.45) is 1.25. The van der Waals surface area contributed by atoms with Crippen LogP contribution in [0.2, 0.25) is 5.02 Å². The molecule has 0 spiro atoms. The van der Waals surface area contributed by atoms with Crippen LogP contribution in [0.3, 0.4) is 0 Å². The van der Waals surface area contributed by atoms with E-state index in [4.69, 9.17) is 29.6 Å². The van der Waals surface area contributed by atoms with Gasteiger partial charge in [0.1, 0.15) is 4.99 Å². The Morgan fingerprint density at radius 2 is 2.37 bits per heavy atom. The molecule has 2 rings (SSSR count). The third kappa shape index (κ3) is 3.81. The first-order chi connectivity index (χ1) is 9.10. The van der Waals surface area contributed by atoms with Crippen molar-refractivity contribution in [2.75, 3.05) is 31.5 Å². The highest BCUT2D eigenvalue weighted by Crippen LogP contribution is 2.24. The zero-order valence-corrected chi connectivity index (χ0v) is 12.7. The molecule has 3 nitrogen and oxygen atoms in total. The molecule has 1 unspecified atom stereocenters. The summed E-state index contributed by atoms with van der Waals surface area (Å²) < 4.78 is 0. The third-order valence-electron chi connectivity index (χ3n) is 3.65. The van der Waals surface area contributed by atoms with Crippen LogP contribution >= 0.6 is 23.8 Å². The number of nitrogens with two attached hydrogens (primary N) is 1. The molecule has 1 atom stereocenters. The number of rotatable bonds is 5. The summed E-state index contributed by atoms with van der Waals surface area (Å²) in [7, 11) is 0. The van der Waals surface area contributed by atoms with Crippen LogP contribution in [0.25, 0.3) is 0 Å². The van der Waals surface area contributed by atoms with E-state index in [0.29, 0.717) is 15.9 Å². The maximum atomic E-state index is 6.23. The second-order valence-corrected chi connectivity index (χ2v) is 5.83. The lowest BCUT2D eigenvalue weighted by molar-refractivity contribution is 0.345. The van der Waals surface area contributed by atoms with Crippen molar-refractivity contribution in [3.8, 4) is 0 Å². The Hall–Kier alpha value is -0.840. The van der Waals surface area contributed by atoms with Crippen molar-refractivity contribution in [1.82, 2.24) is 4.90 Å². The van der Waals surface area contributed by atoms with Gasteiger partial charge in [-0.15, -0.1) is 0 Å². The Kier molecular flexibility index (Phi) is 5.02. The van der Waals surface area contributed by atoms with Crippen LogP contribution < -0.4 is 11.1 Å². The minimum absolute atomic E-state index is 0.378. The topological polar surface area (TPSA) is 41.3 Å². The molecule has 0 saturated carbocycles. The maximum absolute atomic E-state index is 6.23. The average molecular weight is 298 g/mol. The van der Waals surface area contributed by atoms with Crippen LogP contribution in [0.15, 0.2) is 18.2 Å². The summed E-state index contributed by atoms with van der Waals surface area (Å²) in [6.45, 7) is 6.69. The molecule has 3 N–H and O–H groups in total. The van der Waals surface area contributed by atoms with Crippen LogP contribution in [-0.4, -0.2) is 36.1 Å². The van der Waals surface area contributed by atoms with Gasteiger partial charge in [-0.25, -0.2) is 0 Å². The number of halogens is 1. The molecule has 19 heavy (non-hydrogen) atoms. The van der Waals surface area contributed by atoms with Gasteiger partial charge in [-0.2, -0.15) is 0 Å². The highest BCUT2D eigenvalue weighted by atomic mass is 35.5. The van der Waals surface area contributed by atoms with Crippen molar-refractivity contribution in [3.63, 3.8) is 0 Å². The number of thiocarbonyl (C=S) groups is 1. The minimum atomic E-state index is 0.378. The molecule has 1 aromatic rings. The highest BCUT2D eigenvalue weighted by Gasteiger charge is 2.20. The second kappa shape index (κ2) is 6.55. The lowest BCUT2D eigenvalue weighted by Gasteiger charge is -2.15. The van der Waals surface area contributed by atoms with Gasteiger partial charge in [0.25, 0.3) is 0 Å². The van der Waals surface area contributed by atoms with Gasteiger partial charge in [0.15, 0.2) is 0 Å². The first-order valence-corrected chi connectivity index (χ1v) is 7.44. The van der Waals surface area contributed by atoms with Crippen molar-refractivity contribution >= 4 is 34.5 Å². The Balaban J connectivity index is 1.91. The lowest BCUT2D eigenvalue weighted by atomic mass is 10.1. The van der Waals surface area contributed by atoms with Crippen molar-refractivity contribution in [3.05, 3.63) is 28.8 Å². The number of benzene rings is 1. The van der Waals surface area contributed by atoms with Gasteiger partial charge in [0.05, 0.1) is 10.7 Å². The van der Waals surface area contributed by atoms with Gasteiger partial charge in [-0.05, 0) is 43.6 Å². The Morgan fingerprint density at radius 3 is 2.95 bits per heavy atom. The zero-order valence-electron chi connectivity index (χ0n) is 11.2. The zero-order chi connectivity index (χ0) is 13.8. The minimum Gasteiger partial charge on any atom is -0.389 e. The Bertz CT molecular complexity index is 464. The van der Waals surface area contributed by atoms with Crippen molar-refractivity contribution < 1.29 is 0 Å². The summed E-state index contributed by atoms with van der Waals surface area (Å²) in [5.74, 6) is 0.700. The van der Waals surface area contributed by atoms with Gasteiger partial charge in [-0.3, -0.25) is 0 Å². The third-order valence-corrected chi connectivity index (χ3v) is 4.20. The van der Waals surface area contributed by atoms with Gasteiger partial charge in [0.2, 0.25) is 0 Å². The molecule has 1 heterocycles. The predicted octanol–water partition coefficient (Wildman–Crippen LogP) is 2.73. The number of nitrogens with one attached hydrogen (secondary N) is 1. The van der Waals surface area contributed by atoms with E-state index in [1.165, 1.54) is 19.5 Å². The number of anilines is 1. The number of hydrogen-bond donors (Lipinski definition) is 2. The molecule has 0 aromatic heterocycles. The van der Waals surface area contributed by atoms with Gasteiger partial charge in [-0.1, -0.05) is 30.7 Å². The van der Waals surface area contributed by atoms with E-state index in [0.717, 1.165) is 24.3 Å². The van der Waals surface area contributed by atoms with Crippen molar-refractivity contribution in [2.45, 2.75) is 13.3 Å². The lowest BCUT2D eigenvalue weighted by Crippen LogP contribution is -2.22. The average Bonchev–Trinajstić information content (AvgIpc) is 2.85. The predicted molar refractivity (Wildman–Crippen MR) is 86.1 cm³/mol. The molecule has 0 aliphatic carbocycles. The summed E-state index contributed by atoms with van der Waals surface area (Å²) >= 11 is 11.2. The highest BCUT2D eigenvalue weighted by molar-refractivity contribution is 7.80. The van der Waals surface area contributed by atoms with Gasteiger partial charge >= 0.3 is 0 Å². The number of nitrogens with zero attached hydrogens (tertiary/aromatic N) is 1. The van der Waals surface area contributed by atoms with E-state index in [1.807, 2.05) is 18.2 Å². The van der Waals surface area contributed by atoms with Gasteiger partial charge < -0.3 is 16.0 Å². The van der Waals surface area contributed by atoms with Crippen LogP contribution in [0, 0.1) is 5.92 Å². The van der Waals surface area contributed by atoms with Crippen LogP contribution in [0.4, 0.5) is 5.69 Å². The molecular formula is C14H20ClN3S. The largest absolute Gasteiger partial charge is 0.389 e. The van der Waals surface area contributed by atoms with E-state index in [-0.39, 0.29) is 0 Å². The summed E-state index contributed by atoms with van der Waals surface area (Å²) in [6, 6.07) is 5.67. The van der Waals surface area contributed by atoms with E-state index in [9.17, 15) is 0 Å². The summed E-state index contributed by atoms with van der Waals surface area (Å²) in [5, 5.41) is 4.10. The fourth-order valence-electron chi connectivity index (χ4n) is 2.43. The summed E-state index contributed by atoms with van der Waals surface area (Å²) in [5.41, 5.74) is 7.35. The first kappa shape index (κ1) is 14.6. The normalized spacial score (nSPS) is 19.6. The Morgan fingerprint density at radius 1 is 1.58 bits per heavy atom. The Labute approximate surface area is 125 Å². The number of likely N-dealkylation sites (tertiary alicyclic amines) is 1. The number of hydrogen-bond acceptors (Lipinski definition) is 3. The molecule has 0 bridgehead atoms. The smallest absolute Gasteiger partial charge is 0.104 e. The van der Waals surface area contributed by atoms with Crippen LogP contribution in [0.5, 0.6) is 0 Å². The SMILES string of the molecule is CCN1CCC(CNc2ccc(C(N)=S)cc2Cl)C1. The molecule has 1 aromatic carbocycles. The second-order valence-electron chi connectivity index (χ2n) is 4.99. The maximum Gasteiger partial charge on any atom is 0.104 e. The summed E-state index contributed by atoms with van der Waals surface area (Å²) in [4.78, 5) is 2.85. The van der Waals surface area contributed by atoms with Crippen LogP contribution in [-0.2, 0) is 0 Å². The van der Waals surface area contributed by atoms with Gasteiger partial charge in [0, 0.05) is 18.7 Å². The molecule has 1 saturated heterocycles. The fraction of sp³-hybridized carbons (Fsp3) is 0.500. The van der Waals surface area contributed by atoms with E-state index >= 15 is 0 Å². The van der Waals surface area contributed by atoms with Crippen molar-refractivity contribution in [2.24, 2.45) is 11.7 Å². The van der Waals surface area contributed by atoms with E-state index in [1.54, 1.807) is 0 Å². The van der Waals surface area contributed by atoms with Crippen molar-refractivity contribution in [1.29, 1.82) is 0 Å². The molecule has 0 radical (unpaired) electrons. The van der Waals surface area contributed by atoms with E-state index in [2.05, 4.69) is 17.1 Å². The monoisotopic (exact) mass is 297 g/mol. The van der Waals surface area contributed by atoms with Crippen LogP contribution in [0.1, 0.15) is 18.9 Å². The fourth-order valence-corrected chi connectivity index (χ4v) is 2.81. The standard InChI is InChI=1S/C14H20ClN3S/c1-2-18-6-5-10(9-18)8-17-13-4-3-11(14(16)19)7-12(13)15/h3-4,7,10,17H,2,5-6,8-9H2,1H3,(H2,16,19). The molecular weight excluding hydrogens is 278 g/mol. The molecule has 1 aliphatic heterocycles. The van der Waals surface area contributed by atoms with E-state index < -0.39 is 0 Å². The molecule has 1 aliphatic rings. The molecule has 0 amide bonds. The molecule has 5 heteroatoms. The first-order valence-electron chi connectivity index (χ1n) is 6.65. The molecule has 104 valence electrons. The molecule has 1 fully saturated rings.